The fourth-order valence-electron chi connectivity index (χ4n) is 0.870. The maximum atomic E-state index is 5.68. The summed E-state index contributed by atoms with van der Waals surface area (Å²) in [7, 11) is 3.19. The highest BCUT2D eigenvalue weighted by molar-refractivity contribution is 14.1. The van der Waals surface area contributed by atoms with E-state index >= 15 is 0 Å². The molecule has 0 bridgehead atoms. The van der Waals surface area contributed by atoms with Gasteiger partial charge >= 0.3 is 0 Å². The van der Waals surface area contributed by atoms with Crippen LogP contribution in [-0.4, -0.2) is 14.2 Å². The lowest BCUT2D eigenvalue weighted by Gasteiger charge is -2.08. The van der Waals surface area contributed by atoms with Crippen molar-refractivity contribution in [3.8, 4) is 11.5 Å². The molecule has 1 aromatic rings. The number of hydrogen-bond donors (Lipinski definition) is 1. The third-order valence-corrected chi connectivity index (χ3v) is 2.44. The molecule has 4 heteroatoms. The first-order valence-electron chi connectivity index (χ1n) is 3.36. The van der Waals surface area contributed by atoms with E-state index in [4.69, 9.17) is 15.2 Å². The molecule has 1 aromatic carbocycles. The number of anilines is 1. The highest BCUT2D eigenvalue weighted by atomic mass is 127. The molecule has 0 spiro atoms. The highest BCUT2D eigenvalue weighted by Crippen LogP contribution is 2.32. The monoisotopic (exact) mass is 279 g/mol. The van der Waals surface area contributed by atoms with Gasteiger partial charge in [0.2, 0.25) is 0 Å². The predicted molar refractivity (Wildman–Crippen MR) is 56.7 cm³/mol. The van der Waals surface area contributed by atoms with Crippen LogP contribution in [0.5, 0.6) is 11.5 Å². The normalized spacial score (nSPS) is 9.58. The van der Waals surface area contributed by atoms with Crippen LogP contribution in [-0.2, 0) is 0 Å². The van der Waals surface area contributed by atoms with Crippen molar-refractivity contribution in [2.24, 2.45) is 0 Å². The molecule has 0 aliphatic carbocycles. The molecular formula is C8H10INO2. The molecule has 0 aliphatic rings. The Kier molecular flexibility index (Phi) is 3.02. The zero-order valence-electron chi connectivity index (χ0n) is 6.93. The maximum Gasteiger partial charge on any atom is 0.162 e. The van der Waals surface area contributed by atoms with Crippen LogP contribution in [0.2, 0.25) is 0 Å². The van der Waals surface area contributed by atoms with Gasteiger partial charge in [0.25, 0.3) is 0 Å². The van der Waals surface area contributed by atoms with E-state index in [1.54, 1.807) is 20.3 Å². The molecule has 0 unspecified atom stereocenters. The van der Waals surface area contributed by atoms with Crippen molar-refractivity contribution in [1.82, 2.24) is 0 Å². The molecule has 0 amide bonds. The van der Waals surface area contributed by atoms with Crippen LogP contribution in [0.25, 0.3) is 0 Å². The number of rotatable bonds is 2. The Balaban J connectivity index is 3.19. The van der Waals surface area contributed by atoms with E-state index in [2.05, 4.69) is 22.6 Å². The van der Waals surface area contributed by atoms with Gasteiger partial charge in [0.05, 0.1) is 14.2 Å². The summed E-state index contributed by atoms with van der Waals surface area (Å²) in [6.07, 6.45) is 0. The zero-order chi connectivity index (χ0) is 9.14. The molecule has 2 N–H and O–H groups in total. The number of ether oxygens (including phenoxy) is 2. The van der Waals surface area contributed by atoms with Gasteiger partial charge in [-0.3, -0.25) is 0 Å². The first-order valence-corrected chi connectivity index (χ1v) is 4.44. The van der Waals surface area contributed by atoms with Crippen LogP contribution >= 0.6 is 22.6 Å². The molecule has 0 fully saturated rings. The fourth-order valence-corrected chi connectivity index (χ4v) is 1.31. The standard InChI is InChI=1S/C8H10INO2/c1-11-7-3-5(9)6(10)4-8(7)12-2/h3-4H,10H2,1-2H3. The Bertz CT molecular complexity index is 260. The number of hydrogen-bond acceptors (Lipinski definition) is 3. The SMILES string of the molecule is COc1cc(N)c(I)cc1OC. The van der Waals surface area contributed by atoms with Crippen molar-refractivity contribution in [3.05, 3.63) is 15.7 Å². The van der Waals surface area contributed by atoms with Crippen LogP contribution in [0.4, 0.5) is 5.69 Å². The van der Waals surface area contributed by atoms with Gasteiger partial charge in [-0.2, -0.15) is 0 Å². The van der Waals surface area contributed by atoms with E-state index in [-0.39, 0.29) is 0 Å². The van der Waals surface area contributed by atoms with Gasteiger partial charge < -0.3 is 15.2 Å². The van der Waals surface area contributed by atoms with Gasteiger partial charge in [-0.1, -0.05) is 0 Å². The van der Waals surface area contributed by atoms with E-state index < -0.39 is 0 Å². The van der Waals surface area contributed by atoms with Gasteiger partial charge in [0.15, 0.2) is 11.5 Å². The van der Waals surface area contributed by atoms with Crippen molar-refractivity contribution in [3.63, 3.8) is 0 Å². The van der Waals surface area contributed by atoms with Gasteiger partial charge in [0.1, 0.15) is 0 Å². The third-order valence-electron chi connectivity index (χ3n) is 1.50. The van der Waals surface area contributed by atoms with Crippen molar-refractivity contribution >= 4 is 28.3 Å². The van der Waals surface area contributed by atoms with Gasteiger partial charge in [-0.15, -0.1) is 0 Å². The minimum absolute atomic E-state index is 0.662. The summed E-state index contributed by atoms with van der Waals surface area (Å²) in [6, 6.07) is 3.59. The molecule has 1 rings (SSSR count). The number of nitrogens with two attached hydrogens (primary N) is 1. The molecule has 0 heterocycles. The molecule has 66 valence electrons. The van der Waals surface area contributed by atoms with Crippen molar-refractivity contribution in [1.29, 1.82) is 0 Å². The summed E-state index contributed by atoms with van der Waals surface area (Å²) in [5, 5.41) is 0. The Morgan fingerprint density at radius 2 is 1.67 bits per heavy atom. The van der Waals surface area contributed by atoms with Crippen molar-refractivity contribution < 1.29 is 9.47 Å². The second-order valence-corrected chi connectivity index (χ2v) is 3.39. The van der Waals surface area contributed by atoms with Crippen LogP contribution in [0.15, 0.2) is 12.1 Å². The van der Waals surface area contributed by atoms with Crippen molar-refractivity contribution in [2.75, 3.05) is 20.0 Å². The summed E-state index contributed by atoms with van der Waals surface area (Å²) in [4.78, 5) is 0. The molecular weight excluding hydrogens is 269 g/mol. The van der Waals surface area contributed by atoms with E-state index in [0.717, 1.165) is 3.57 Å². The number of nitrogen functional groups attached to an aromatic ring is 1. The zero-order valence-corrected chi connectivity index (χ0v) is 9.08. The minimum atomic E-state index is 0.662. The Labute approximate surface area is 85.0 Å². The average Bonchev–Trinajstić information content (AvgIpc) is 2.09. The fraction of sp³-hybridized carbons (Fsp3) is 0.250. The van der Waals surface area contributed by atoms with Crippen LogP contribution in [0, 0.1) is 3.57 Å². The van der Waals surface area contributed by atoms with E-state index in [0.29, 0.717) is 17.2 Å². The van der Waals surface area contributed by atoms with Crippen LogP contribution in [0.3, 0.4) is 0 Å². The van der Waals surface area contributed by atoms with Gasteiger partial charge in [-0.25, -0.2) is 0 Å². The van der Waals surface area contributed by atoms with Crippen molar-refractivity contribution in [2.45, 2.75) is 0 Å². The largest absolute Gasteiger partial charge is 0.493 e. The summed E-state index contributed by atoms with van der Waals surface area (Å²) < 4.78 is 11.1. The number of methoxy groups -OCH3 is 2. The molecule has 3 nitrogen and oxygen atoms in total. The molecule has 0 saturated carbocycles. The summed E-state index contributed by atoms with van der Waals surface area (Å²) in [6.45, 7) is 0. The van der Waals surface area contributed by atoms with Gasteiger partial charge in [0, 0.05) is 15.3 Å². The van der Waals surface area contributed by atoms with Gasteiger partial charge in [-0.05, 0) is 28.7 Å². The minimum Gasteiger partial charge on any atom is -0.493 e. The topological polar surface area (TPSA) is 44.5 Å². The van der Waals surface area contributed by atoms with E-state index in [1.807, 2.05) is 6.07 Å². The summed E-state index contributed by atoms with van der Waals surface area (Å²) in [5.74, 6) is 1.37. The van der Waals surface area contributed by atoms with E-state index in [9.17, 15) is 0 Å². The molecule has 0 atom stereocenters. The predicted octanol–water partition coefficient (Wildman–Crippen LogP) is 1.89. The summed E-state index contributed by atoms with van der Waals surface area (Å²) in [5.41, 5.74) is 6.38. The molecule has 12 heavy (non-hydrogen) atoms. The lowest BCUT2D eigenvalue weighted by Crippen LogP contribution is -1.95. The van der Waals surface area contributed by atoms with Crippen LogP contribution < -0.4 is 15.2 Å². The van der Waals surface area contributed by atoms with Crippen LogP contribution in [0.1, 0.15) is 0 Å². The second-order valence-electron chi connectivity index (χ2n) is 2.23. The molecule has 0 saturated heterocycles. The first-order chi connectivity index (χ1) is 5.69. The van der Waals surface area contributed by atoms with E-state index in [1.165, 1.54) is 0 Å². The number of benzene rings is 1. The second kappa shape index (κ2) is 3.84. The summed E-state index contributed by atoms with van der Waals surface area (Å²) >= 11 is 2.15. The molecule has 0 aliphatic heterocycles. The Hall–Kier alpha value is -0.650. The average molecular weight is 279 g/mol. The quantitative estimate of drug-likeness (QED) is 0.664. The third kappa shape index (κ3) is 1.74. The highest BCUT2D eigenvalue weighted by Gasteiger charge is 2.06. The Morgan fingerprint density at radius 1 is 1.17 bits per heavy atom. The maximum absolute atomic E-state index is 5.68. The Morgan fingerprint density at radius 3 is 2.17 bits per heavy atom. The molecule has 0 radical (unpaired) electrons. The smallest absolute Gasteiger partial charge is 0.162 e. The first kappa shape index (κ1) is 9.44. The lowest BCUT2D eigenvalue weighted by molar-refractivity contribution is 0.355. The molecule has 0 aromatic heterocycles. The number of halogens is 1. The lowest BCUT2D eigenvalue weighted by atomic mass is 10.3.